The van der Waals surface area contributed by atoms with Crippen LogP contribution in [0.1, 0.15) is 26.0 Å². The molecule has 25 heavy (non-hydrogen) atoms. The molecule has 6 nitrogen and oxygen atoms in total. The van der Waals surface area contributed by atoms with E-state index in [1.807, 2.05) is 49.4 Å². The lowest BCUT2D eigenvalue weighted by molar-refractivity contribution is 0.0948. The summed E-state index contributed by atoms with van der Waals surface area (Å²) in [6, 6.07) is 9.80. The minimum absolute atomic E-state index is 0.0909. The molecule has 0 spiro atoms. The third-order valence-corrected chi connectivity index (χ3v) is 4.45. The van der Waals surface area contributed by atoms with Crippen molar-refractivity contribution in [2.45, 2.75) is 6.92 Å². The van der Waals surface area contributed by atoms with Crippen LogP contribution < -0.4 is 5.32 Å². The fraction of sp³-hybridized carbons (Fsp3) is 0.167. The Kier molecular flexibility index (Phi) is 5.37. The Morgan fingerprint density at radius 3 is 2.88 bits per heavy atom. The number of thiazole rings is 1. The number of amides is 1. The number of carbonyl (C=O) groups excluding carboxylic acids is 1. The Hall–Kier alpha value is -2.77. The number of carbonyl (C=O) groups is 1. The Morgan fingerprint density at radius 1 is 1.32 bits per heavy atom. The summed E-state index contributed by atoms with van der Waals surface area (Å²) in [6.45, 7) is 1.99. The molecule has 0 atom stereocenters. The summed E-state index contributed by atoms with van der Waals surface area (Å²) >= 11 is 1.28. The van der Waals surface area contributed by atoms with Crippen LogP contribution in [-0.2, 0) is 0 Å². The SMILES string of the molecule is Cc1onc(-c2ccccc2)c1/C=C/c1ncc(C(=O)NCCO)s1. The second-order valence-electron chi connectivity index (χ2n) is 5.24. The largest absolute Gasteiger partial charge is 0.395 e. The van der Waals surface area contributed by atoms with Gasteiger partial charge in [-0.3, -0.25) is 4.79 Å². The molecule has 2 N–H and O–H groups in total. The van der Waals surface area contributed by atoms with Crippen LogP contribution in [-0.4, -0.2) is 34.3 Å². The van der Waals surface area contributed by atoms with E-state index in [2.05, 4.69) is 15.5 Å². The monoisotopic (exact) mass is 355 g/mol. The number of hydrogen-bond donors (Lipinski definition) is 2. The van der Waals surface area contributed by atoms with Gasteiger partial charge in [-0.25, -0.2) is 4.98 Å². The van der Waals surface area contributed by atoms with E-state index in [0.29, 0.717) is 15.6 Å². The van der Waals surface area contributed by atoms with Gasteiger partial charge in [-0.2, -0.15) is 0 Å². The second kappa shape index (κ2) is 7.87. The number of aryl methyl sites for hydroxylation is 1. The first-order chi connectivity index (χ1) is 12.2. The first-order valence-electron chi connectivity index (χ1n) is 7.73. The van der Waals surface area contributed by atoms with E-state index in [0.717, 1.165) is 16.8 Å². The summed E-state index contributed by atoms with van der Waals surface area (Å²) < 4.78 is 5.32. The molecule has 3 rings (SSSR count). The molecule has 0 aliphatic heterocycles. The van der Waals surface area contributed by atoms with Gasteiger partial charge in [0.15, 0.2) is 0 Å². The molecule has 2 aromatic heterocycles. The summed E-state index contributed by atoms with van der Waals surface area (Å²) in [5, 5.41) is 16.2. The lowest BCUT2D eigenvalue weighted by Gasteiger charge is -1.98. The van der Waals surface area contributed by atoms with Crippen molar-refractivity contribution in [1.82, 2.24) is 15.5 Å². The van der Waals surface area contributed by atoms with Crippen molar-refractivity contribution in [2.75, 3.05) is 13.2 Å². The molecule has 0 aliphatic carbocycles. The van der Waals surface area contributed by atoms with Crippen molar-refractivity contribution in [3.63, 3.8) is 0 Å². The molecule has 1 amide bonds. The first kappa shape index (κ1) is 17.1. The average Bonchev–Trinajstić information content (AvgIpc) is 3.25. The lowest BCUT2D eigenvalue weighted by Crippen LogP contribution is -2.25. The van der Waals surface area contributed by atoms with Crippen molar-refractivity contribution in [3.8, 4) is 11.3 Å². The van der Waals surface area contributed by atoms with Gasteiger partial charge >= 0.3 is 0 Å². The van der Waals surface area contributed by atoms with Crippen LogP contribution >= 0.6 is 11.3 Å². The third-order valence-electron chi connectivity index (χ3n) is 3.49. The fourth-order valence-corrected chi connectivity index (χ4v) is 3.00. The van der Waals surface area contributed by atoms with Gasteiger partial charge in [-0.15, -0.1) is 11.3 Å². The molecular weight excluding hydrogens is 338 g/mol. The summed E-state index contributed by atoms with van der Waals surface area (Å²) in [5.41, 5.74) is 2.63. The highest BCUT2D eigenvalue weighted by Gasteiger charge is 2.13. The van der Waals surface area contributed by atoms with E-state index in [1.165, 1.54) is 17.5 Å². The number of benzene rings is 1. The summed E-state index contributed by atoms with van der Waals surface area (Å²) in [4.78, 5) is 16.6. The van der Waals surface area contributed by atoms with Crippen LogP contribution in [0.25, 0.3) is 23.4 Å². The number of nitrogens with one attached hydrogen (secondary N) is 1. The first-order valence-corrected chi connectivity index (χ1v) is 8.55. The van der Waals surface area contributed by atoms with Gasteiger partial charge in [-0.05, 0) is 19.1 Å². The molecular formula is C18H17N3O3S. The maximum Gasteiger partial charge on any atom is 0.263 e. The highest BCUT2D eigenvalue weighted by Crippen LogP contribution is 2.27. The molecule has 0 saturated heterocycles. The van der Waals surface area contributed by atoms with Crippen molar-refractivity contribution in [1.29, 1.82) is 0 Å². The Labute approximate surface area is 148 Å². The van der Waals surface area contributed by atoms with Crippen LogP contribution in [0.5, 0.6) is 0 Å². The summed E-state index contributed by atoms with van der Waals surface area (Å²) in [5.74, 6) is 0.477. The van der Waals surface area contributed by atoms with E-state index in [9.17, 15) is 4.79 Å². The molecule has 128 valence electrons. The topological polar surface area (TPSA) is 88.2 Å². The van der Waals surface area contributed by atoms with Crippen molar-refractivity contribution < 1.29 is 14.4 Å². The van der Waals surface area contributed by atoms with Crippen LogP contribution in [0, 0.1) is 6.92 Å². The van der Waals surface area contributed by atoms with Crippen molar-refractivity contribution >= 4 is 29.4 Å². The molecule has 7 heteroatoms. The minimum Gasteiger partial charge on any atom is -0.395 e. The van der Waals surface area contributed by atoms with E-state index in [1.54, 1.807) is 0 Å². The van der Waals surface area contributed by atoms with Crippen molar-refractivity contribution in [3.05, 3.63) is 57.7 Å². The zero-order chi connectivity index (χ0) is 17.6. The van der Waals surface area contributed by atoms with Gasteiger partial charge < -0.3 is 14.9 Å². The van der Waals surface area contributed by atoms with E-state index >= 15 is 0 Å². The van der Waals surface area contributed by atoms with E-state index < -0.39 is 0 Å². The van der Waals surface area contributed by atoms with Gasteiger partial charge in [0.1, 0.15) is 21.3 Å². The van der Waals surface area contributed by atoms with Gasteiger partial charge in [0.05, 0.1) is 12.8 Å². The number of rotatable bonds is 6. The zero-order valence-corrected chi connectivity index (χ0v) is 14.4. The molecule has 0 saturated carbocycles. The molecule has 0 radical (unpaired) electrons. The predicted molar refractivity (Wildman–Crippen MR) is 97.1 cm³/mol. The fourth-order valence-electron chi connectivity index (χ4n) is 2.26. The second-order valence-corrected chi connectivity index (χ2v) is 6.30. The molecule has 2 heterocycles. The van der Waals surface area contributed by atoms with Crippen molar-refractivity contribution in [2.24, 2.45) is 0 Å². The van der Waals surface area contributed by atoms with Gasteiger partial charge in [0.25, 0.3) is 5.91 Å². The molecule has 0 unspecified atom stereocenters. The molecule has 0 aliphatic rings. The maximum absolute atomic E-state index is 11.8. The van der Waals surface area contributed by atoms with Crippen LogP contribution in [0.2, 0.25) is 0 Å². The standard InChI is InChI=1S/C18H17N3O3S/c1-12-14(17(21-24-12)13-5-3-2-4-6-13)7-8-16-20-11-15(25-16)18(23)19-9-10-22/h2-8,11,22H,9-10H2,1H3,(H,19,23)/b8-7+. The molecule has 0 bridgehead atoms. The Morgan fingerprint density at radius 2 is 2.12 bits per heavy atom. The number of aliphatic hydroxyl groups excluding tert-OH is 1. The highest BCUT2D eigenvalue weighted by atomic mass is 32.1. The quantitative estimate of drug-likeness (QED) is 0.710. The van der Waals surface area contributed by atoms with Crippen LogP contribution in [0.4, 0.5) is 0 Å². The minimum atomic E-state index is -0.239. The number of nitrogens with zero attached hydrogens (tertiary/aromatic N) is 2. The highest BCUT2D eigenvalue weighted by molar-refractivity contribution is 7.14. The maximum atomic E-state index is 11.8. The third kappa shape index (κ3) is 4.01. The Bertz CT molecular complexity index is 884. The van der Waals surface area contributed by atoms with E-state index in [-0.39, 0.29) is 19.1 Å². The van der Waals surface area contributed by atoms with Crippen LogP contribution in [0.3, 0.4) is 0 Å². The van der Waals surface area contributed by atoms with Gasteiger partial charge in [0, 0.05) is 17.7 Å². The summed E-state index contributed by atoms with van der Waals surface area (Å²) in [7, 11) is 0. The predicted octanol–water partition coefficient (Wildman–Crippen LogP) is 3.00. The Balaban J connectivity index is 1.81. The number of aromatic nitrogens is 2. The molecule has 1 aromatic carbocycles. The summed E-state index contributed by atoms with van der Waals surface area (Å²) in [6.07, 6.45) is 5.25. The average molecular weight is 355 g/mol. The zero-order valence-electron chi connectivity index (χ0n) is 13.6. The number of aliphatic hydroxyl groups is 1. The molecule has 3 aromatic rings. The lowest BCUT2D eigenvalue weighted by atomic mass is 10.1. The van der Waals surface area contributed by atoms with Gasteiger partial charge in [-0.1, -0.05) is 35.5 Å². The normalized spacial score (nSPS) is 11.1. The molecule has 0 fully saturated rings. The smallest absolute Gasteiger partial charge is 0.263 e. The number of hydrogen-bond acceptors (Lipinski definition) is 6. The van der Waals surface area contributed by atoms with E-state index in [4.69, 9.17) is 9.63 Å². The van der Waals surface area contributed by atoms with Gasteiger partial charge in [0.2, 0.25) is 0 Å². The van der Waals surface area contributed by atoms with Crippen LogP contribution in [0.15, 0.2) is 41.1 Å².